The number of rotatable bonds is 3. The van der Waals surface area contributed by atoms with Gasteiger partial charge in [-0.25, -0.2) is 0 Å². The molecule has 0 aliphatic rings. The lowest BCUT2D eigenvalue weighted by Gasteiger charge is -2.21. The summed E-state index contributed by atoms with van der Waals surface area (Å²) in [7, 11) is 2.03. The number of fused-ring (bicyclic) bond motifs is 1. The molecule has 0 fully saturated rings. The molecule has 0 bridgehead atoms. The summed E-state index contributed by atoms with van der Waals surface area (Å²) in [5, 5.41) is 6.81. The van der Waals surface area contributed by atoms with E-state index >= 15 is 0 Å². The molecule has 16 heavy (non-hydrogen) atoms. The lowest BCUT2D eigenvalue weighted by molar-refractivity contribution is 0.412. The minimum Gasteiger partial charge on any atom is -0.271 e. The molecular weight excluding hydrogens is 264 g/mol. The SMILES string of the molecule is Cn1nc2ccccc2c1CC(C)(C)CBr. The monoisotopic (exact) mass is 280 g/mol. The van der Waals surface area contributed by atoms with Crippen molar-refractivity contribution in [3.05, 3.63) is 30.0 Å². The fourth-order valence-corrected chi connectivity index (χ4v) is 2.11. The third-order valence-corrected chi connectivity index (χ3v) is 4.39. The van der Waals surface area contributed by atoms with Crippen LogP contribution in [0, 0.1) is 5.41 Å². The summed E-state index contributed by atoms with van der Waals surface area (Å²) in [4.78, 5) is 0. The fraction of sp³-hybridized carbons (Fsp3) is 0.462. The Morgan fingerprint density at radius 2 is 2.00 bits per heavy atom. The van der Waals surface area contributed by atoms with E-state index in [2.05, 4.69) is 53.1 Å². The first kappa shape index (κ1) is 11.6. The van der Waals surface area contributed by atoms with Gasteiger partial charge in [0.05, 0.1) is 5.52 Å². The van der Waals surface area contributed by atoms with Crippen LogP contribution in [0.5, 0.6) is 0 Å². The van der Waals surface area contributed by atoms with Crippen molar-refractivity contribution in [1.82, 2.24) is 9.78 Å². The van der Waals surface area contributed by atoms with Crippen LogP contribution in [0.15, 0.2) is 24.3 Å². The van der Waals surface area contributed by atoms with E-state index < -0.39 is 0 Å². The second-order valence-corrected chi connectivity index (χ2v) is 5.62. The van der Waals surface area contributed by atoms with Crippen LogP contribution in [0.4, 0.5) is 0 Å². The van der Waals surface area contributed by atoms with Gasteiger partial charge in [0.1, 0.15) is 0 Å². The Morgan fingerprint density at radius 1 is 1.31 bits per heavy atom. The van der Waals surface area contributed by atoms with E-state index in [1.165, 1.54) is 11.1 Å². The average Bonchev–Trinajstić information content (AvgIpc) is 2.56. The molecule has 1 heterocycles. The van der Waals surface area contributed by atoms with Gasteiger partial charge in [-0.2, -0.15) is 5.10 Å². The van der Waals surface area contributed by atoms with Crippen LogP contribution in [-0.2, 0) is 13.5 Å². The van der Waals surface area contributed by atoms with Crippen molar-refractivity contribution in [3.8, 4) is 0 Å². The Balaban J connectivity index is 2.47. The van der Waals surface area contributed by atoms with Crippen LogP contribution in [0.3, 0.4) is 0 Å². The number of benzene rings is 1. The summed E-state index contributed by atoms with van der Waals surface area (Å²) in [5.74, 6) is 0. The molecule has 2 nitrogen and oxygen atoms in total. The molecule has 3 heteroatoms. The second kappa shape index (κ2) is 4.21. The highest BCUT2D eigenvalue weighted by molar-refractivity contribution is 9.09. The third kappa shape index (κ3) is 2.14. The third-order valence-electron chi connectivity index (χ3n) is 2.87. The molecule has 0 unspecified atom stereocenters. The highest BCUT2D eigenvalue weighted by Crippen LogP contribution is 2.28. The molecule has 0 aliphatic heterocycles. The van der Waals surface area contributed by atoms with Gasteiger partial charge >= 0.3 is 0 Å². The number of nitrogens with zero attached hydrogens (tertiary/aromatic N) is 2. The van der Waals surface area contributed by atoms with Crippen molar-refractivity contribution < 1.29 is 0 Å². The quantitative estimate of drug-likeness (QED) is 0.787. The van der Waals surface area contributed by atoms with Gasteiger partial charge in [0.2, 0.25) is 0 Å². The number of hydrogen-bond acceptors (Lipinski definition) is 1. The summed E-state index contributed by atoms with van der Waals surface area (Å²) in [6, 6.07) is 8.34. The Bertz CT molecular complexity index is 500. The molecule has 0 saturated carbocycles. The highest BCUT2D eigenvalue weighted by atomic mass is 79.9. The first-order valence-electron chi connectivity index (χ1n) is 5.50. The maximum Gasteiger partial charge on any atom is 0.0926 e. The summed E-state index contributed by atoms with van der Waals surface area (Å²) < 4.78 is 2.01. The zero-order chi connectivity index (χ0) is 11.8. The molecule has 0 saturated heterocycles. The molecule has 86 valence electrons. The molecular formula is C13H17BrN2. The van der Waals surface area contributed by atoms with Gasteiger partial charge in [-0.05, 0) is 17.9 Å². The van der Waals surface area contributed by atoms with Crippen LogP contribution in [0.1, 0.15) is 19.5 Å². The van der Waals surface area contributed by atoms with Crippen LogP contribution >= 0.6 is 15.9 Å². The molecule has 0 atom stereocenters. The van der Waals surface area contributed by atoms with Gasteiger partial charge in [-0.3, -0.25) is 4.68 Å². The van der Waals surface area contributed by atoms with E-state index in [1.807, 2.05) is 17.8 Å². The van der Waals surface area contributed by atoms with Crippen molar-refractivity contribution in [2.75, 3.05) is 5.33 Å². The van der Waals surface area contributed by atoms with E-state index in [1.54, 1.807) is 0 Å². The number of alkyl halides is 1. The molecule has 1 aromatic carbocycles. The highest BCUT2D eigenvalue weighted by Gasteiger charge is 2.20. The number of halogens is 1. The molecule has 0 spiro atoms. The molecule has 2 aromatic rings. The van der Waals surface area contributed by atoms with Crippen molar-refractivity contribution in [2.24, 2.45) is 12.5 Å². The number of aryl methyl sites for hydroxylation is 1. The first-order valence-corrected chi connectivity index (χ1v) is 6.62. The molecule has 0 radical (unpaired) electrons. The summed E-state index contributed by atoms with van der Waals surface area (Å²) >= 11 is 3.58. The van der Waals surface area contributed by atoms with E-state index in [9.17, 15) is 0 Å². The standard InChI is InChI=1S/C13H17BrN2/c1-13(2,9-14)8-12-10-6-4-5-7-11(10)15-16(12)3/h4-7H,8-9H2,1-3H3. The largest absolute Gasteiger partial charge is 0.271 e. The molecule has 0 aliphatic carbocycles. The van der Waals surface area contributed by atoms with E-state index in [0.717, 1.165) is 17.3 Å². The van der Waals surface area contributed by atoms with Crippen molar-refractivity contribution >= 4 is 26.8 Å². The normalized spacial score (nSPS) is 12.2. The molecule has 0 N–H and O–H groups in total. The summed E-state index contributed by atoms with van der Waals surface area (Å²) in [6.45, 7) is 4.53. The molecule has 0 amide bonds. The van der Waals surface area contributed by atoms with Crippen LogP contribution < -0.4 is 0 Å². The summed E-state index contributed by atoms with van der Waals surface area (Å²) in [5.41, 5.74) is 2.67. The number of hydrogen-bond donors (Lipinski definition) is 0. The van der Waals surface area contributed by atoms with Crippen molar-refractivity contribution in [1.29, 1.82) is 0 Å². The zero-order valence-corrected chi connectivity index (χ0v) is 11.6. The lowest BCUT2D eigenvalue weighted by Crippen LogP contribution is -2.18. The fourth-order valence-electron chi connectivity index (χ4n) is 1.91. The van der Waals surface area contributed by atoms with Gasteiger partial charge < -0.3 is 0 Å². The molecule has 1 aromatic heterocycles. The second-order valence-electron chi connectivity index (χ2n) is 5.06. The van der Waals surface area contributed by atoms with Gasteiger partial charge in [0, 0.05) is 23.5 Å². The number of aromatic nitrogens is 2. The Kier molecular flexibility index (Phi) is 3.06. The van der Waals surface area contributed by atoms with Gasteiger partial charge in [-0.15, -0.1) is 0 Å². The van der Waals surface area contributed by atoms with Gasteiger partial charge in [-0.1, -0.05) is 48.0 Å². The minimum absolute atomic E-state index is 0.260. The Morgan fingerprint density at radius 3 is 2.69 bits per heavy atom. The zero-order valence-electron chi connectivity index (χ0n) is 10.00. The van der Waals surface area contributed by atoms with Gasteiger partial charge in [0.15, 0.2) is 0 Å². The van der Waals surface area contributed by atoms with E-state index in [0.29, 0.717) is 0 Å². The Hall–Kier alpha value is -0.830. The minimum atomic E-state index is 0.260. The van der Waals surface area contributed by atoms with E-state index in [-0.39, 0.29) is 5.41 Å². The smallest absolute Gasteiger partial charge is 0.0926 e. The van der Waals surface area contributed by atoms with Crippen LogP contribution in [0.2, 0.25) is 0 Å². The Labute approximate surface area is 105 Å². The maximum absolute atomic E-state index is 4.53. The topological polar surface area (TPSA) is 17.8 Å². The van der Waals surface area contributed by atoms with Crippen molar-refractivity contribution in [2.45, 2.75) is 20.3 Å². The predicted octanol–water partition coefficient (Wildman–Crippen LogP) is 3.54. The first-order chi connectivity index (χ1) is 7.53. The van der Waals surface area contributed by atoms with Crippen LogP contribution in [0.25, 0.3) is 10.9 Å². The average molecular weight is 281 g/mol. The lowest BCUT2D eigenvalue weighted by atomic mass is 9.89. The maximum atomic E-state index is 4.53. The van der Waals surface area contributed by atoms with Crippen LogP contribution in [-0.4, -0.2) is 15.1 Å². The van der Waals surface area contributed by atoms with E-state index in [4.69, 9.17) is 0 Å². The summed E-state index contributed by atoms with van der Waals surface area (Å²) in [6.07, 6.45) is 1.04. The predicted molar refractivity (Wildman–Crippen MR) is 72.0 cm³/mol. The molecule has 2 rings (SSSR count). The van der Waals surface area contributed by atoms with Crippen molar-refractivity contribution in [3.63, 3.8) is 0 Å². The van der Waals surface area contributed by atoms with Gasteiger partial charge in [0.25, 0.3) is 0 Å².